The Labute approximate surface area is 108 Å². The first kappa shape index (κ1) is 12.4. The van der Waals surface area contributed by atoms with Crippen LogP contribution in [0.2, 0.25) is 5.02 Å². The minimum Gasteiger partial charge on any atom is -0.396 e. The molecule has 0 bridgehead atoms. The van der Waals surface area contributed by atoms with E-state index < -0.39 is 17.4 Å². The maximum Gasteiger partial charge on any atom is 0.419 e. The van der Waals surface area contributed by atoms with Crippen LogP contribution in [0.4, 0.5) is 18.9 Å². The average Bonchev–Trinajstić information content (AvgIpc) is 2.18. The lowest BCUT2D eigenvalue weighted by atomic mass is 10.1. The minimum absolute atomic E-state index is 0.0281. The van der Waals surface area contributed by atoms with Gasteiger partial charge in [0.1, 0.15) is 4.60 Å². The first-order valence-electron chi connectivity index (χ1n) is 4.42. The Bertz CT molecular complexity index is 598. The fourth-order valence-corrected chi connectivity index (χ4v) is 2.09. The Morgan fingerprint density at radius 1 is 1.29 bits per heavy atom. The quantitative estimate of drug-likeness (QED) is 0.735. The van der Waals surface area contributed by atoms with Crippen molar-refractivity contribution in [1.82, 2.24) is 4.98 Å². The predicted octanol–water partition coefficient (Wildman–Crippen LogP) is 4.25. The van der Waals surface area contributed by atoms with Gasteiger partial charge in [0.2, 0.25) is 0 Å². The topological polar surface area (TPSA) is 38.9 Å². The molecule has 17 heavy (non-hydrogen) atoms. The van der Waals surface area contributed by atoms with Gasteiger partial charge in [-0.1, -0.05) is 11.6 Å². The molecule has 0 amide bonds. The molecule has 7 heteroatoms. The maximum absolute atomic E-state index is 12.9. The molecule has 1 aromatic heterocycles. The van der Waals surface area contributed by atoms with E-state index in [1.165, 1.54) is 18.2 Å². The first-order chi connectivity index (χ1) is 7.80. The molecule has 2 N–H and O–H groups in total. The van der Waals surface area contributed by atoms with Crippen molar-refractivity contribution in [2.45, 2.75) is 6.18 Å². The zero-order chi connectivity index (χ0) is 12.8. The van der Waals surface area contributed by atoms with Crippen molar-refractivity contribution in [2.24, 2.45) is 0 Å². The second kappa shape index (κ2) is 4.03. The Kier molecular flexibility index (Phi) is 2.95. The largest absolute Gasteiger partial charge is 0.419 e. The molecule has 2 rings (SSSR count). The molecule has 2 aromatic rings. The fraction of sp³-hybridized carbons (Fsp3) is 0.100. The Morgan fingerprint density at radius 2 is 1.94 bits per heavy atom. The number of benzene rings is 1. The van der Waals surface area contributed by atoms with Crippen LogP contribution in [0, 0.1) is 0 Å². The van der Waals surface area contributed by atoms with Crippen molar-refractivity contribution in [3.05, 3.63) is 33.4 Å². The van der Waals surface area contributed by atoms with Crippen LogP contribution in [0.25, 0.3) is 10.9 Å². The van der Waals surface area contributed by atoms with E-state index in [4.69, 9.17) is 17.3 Å². The lowest BCUT2D eigenvalue weighted by Gasteiger charge is -2.14. The van der Waals surface area contributed by atoms with Crippen LogP contribution in [-0.4, -0.2) is 4.98 Å². The van der Waals surface area contributed by atoms with Gasteiger partial charge in [-0.2, -0.15) is 13.2 Å². The van der Waals surface area contributed by atoms with Gasteiger partial charge in [-0.3, -0.25) is 0 Å². The van der Waals surface area contributed by atoms with E-state index in [1.54, 1.807) is 0 Å². The Hall–Kier alpha value is -1.01. The first-order valence-corrected chi connectivity index (χ1v) is 5.59. The van der Waals surface area contributed by atoms with E-state index in [0.29, 0.717) is 0 Å². The highest BCUT2D eigenvalue weighted by Crippen LogP contribution is 2.41. The third kappa shape index (κ3) is 2.19. The molecule has 0 fully saturated rings. The van der Waals surface area contributed by atoms with Gasteiger partial charge >= 0.3 is 6.18 Å². The zero-order valence-electron chi connectivity index (χ0n) is 8.15. The highest BCUT2D eigenvalue weighted by atomic mass is 79.9. The van der Waals surface area contributed by atoms with Crippen molar-refractivity contribution in [2.75, 3.05) is 5.73 Å². The summed E-state index contributed by atoms with van der Waals surface area (Å²) in [5, 5.41) is 0.0947. The maximum atomic E-state index is 12.9. The van der Waals surface area contributed by atoms with Gasteiger partial charge in [-0.25, -0.2) is 4.98 Å². The summed E-state index contributed by atoms with van der Waals surface area (Å²) in [4.78, 5) is 3.92. The standard InChI is InChI=1S/C10H5BrClF3N2/c11-9-8(16)7(10(13,14)15)5-3-4(12)1-2-6(5)17-9/h1-3H,16H2. The lowest BCUT2D eigenvalue weighted by Crippen LogP contribution is -2.11. The summed E-state index contributed by atoms with van der Waals surface area (Å²) in [6.45, 7) is 0. The molecule has 0 aliphatic rings. The number of nitrogen functional groups attached to an aromatic ring is 1. The third-order valence-electron chi connectivity index (χ3n) is 2.22. The van der Waals surface area contributed by atoms with Crippen LogP contribution in [-0.2, 0) is 6.18 Å². The summed E-state index contributed by atoms with van der Waals surface area (Å²) >= 11 is 8.59. The van der Waals surface area contributed by atoms with E-state index in [9.17, 15) is 13.2 Å². The molecule has 1 aromatic carbocycles. The van der Waals surface area contributed by atoms with Crippen molar-refractivity contribution in [1.29, 1.82) is 0 Å². The fourth-order valence-electron chi connectivity index (χ4n) is 1.53. The molecule has 2 nitrogen and oxygen atoms in total. The summed E-state index contributed by atoms with van der Waals surface area (Å²) < 4.78 is 38.7. The summed E-state index contributed by atoms with van der Waals surface area (Å²) in [6, 6.07) is 4.09. The summed E-state index contributed by atoms with van der Waals surface area (Å²) in [5.41, 5.74) is 4.24. The third-order valence-corrected chi connectivity index (χ3v) is 3.06. The van der Waals surface area contributed by atoms with Gasteiger partial charge < -0.3 is 5.73 Å². The molecule has 0 saturated heterocycles. The lowest BCUT2D eigenvalue weighted by molar-refractivity contribution is -0.135. The van der Waals surface area contributed by atoms with E-state index in [2.05, 4.69) is 20.9 Å². The Balaban J connectivity index is 2.95. The second-order valence-corrected chi connectivity index (χ2v) is 4.54. The molecule has 0 spiro atoms. The smallest absolute Gasteiger partial charge is 0.396 e. The number of hydrogen-bond donors (Lipinski definition) is 1. The van der Waals surface area contributed by atoms with Crippen LogP contribution in [0.15, 0.2) is 22.8 Å². The van der Waals surface area contributed by atoms with Crippen molar-refractivity contribution in [3.8, 4) is 0 Å². The van der Waals surface area contributed by atoms with Crippen LogP contribution in [0.5, 0.6) is 0 Å². The highest BCUT2D eigenvalue weighted by molar-refractivity contribution is 9.10. The van der Waals surface area contributed by atoms with E-state index in [0.717, 1.165) is 0 Å². The number of rotatable bonds is 0. The summed E-state index contributed by atoms with van der Waals surface area (Å²) in [5.74, 6) is 0. The van der Waals surface area contributed by atoms with Gasteiger partial charge in [0, 0.05) is 10.4 Å². The number of nitrogens with two attached hydrogens (primary N) is 1. The van der Waals surface area contributed by atoms with E-state index >= 15 is 0 Å². The second-order valence-electron chi connectivity index (χ2n) is 3.35. The van der Waals surface area contributed by atoms with Crippen LogP contribution in [0.3, 0.4) is 0 Å². The normalized spacial score (nSPS) is 12.1. The molecule has 1 heterocycles. The van der Waals surface area contributed by atoms with E-state index in [1.807, 2.05) is 0 Å². The van der Waals surface area contributed by atoms with Crippen molar-refractivity contribution in [3.63, 3.8) is 0 Å². The summed E-state index contributed by atoms with van der Waals surface area (Å²) in [6.07, 6.45) is -4.56. The average molecular weight is 326 g/mol. The number of hydrogen-bond acceptors (Lipinski definition) is 2. The van der Waals surface area contributed by atoms with E-state index in [-0.39, 0.29) is 20.5 Å². The van der Waals surface area contributed by atoms with Gasteiger partial charge in [-0.15, -0.1) is 0 Å². The van der Waals surface area contributed by atoms with Crippen LogP contribution in [0.1, 0.15) is 5.56 Å². The number of anilines is 1. The summed E-state index contributed by atoms with van der Waals surface area (Å²) in [7, 11) is 0. The number of alkyl halides is 3. The number of nitrogens with zero attached hydrogens (tertiary/aromatic N) is 1. The molecule has 0 unspecified atom stereocenters. The number of aromatic nitrogens is 1. The highest BCUT2D eigenvalue weighted by Gasteiger charge is 2.36. The van der Waals surface area contributed by atoms with Crippen molar-refractivity contribution >= 4 is 44.1 Å². The molecular weight excluding hydrogens is 320 g/mol. The number of pyridine rings is 1. The minimum atomic E-state index is -4.56. The zero-order valence-corrected chi connectivity index (χ0v) is 10.5. The molecule has 0 atom stereocenters. The van der Waals surface area contributed by atoms with Crippen molar-refractivity contribution < 1.29 is 13.2 Å². The molecule has 0 aliphatic heterocycles. The van der Waals surface area contributed by atoms with Gasteiger partial charge in [-0.05, 0) is 34.1 Å². The monoisotopic (exact) mass is 324 g/mol. The SMILES string of the molecule is Nc1c(Br)nc2ccc(Cl)cc2c1C(F)(F)F. The van der Waals surface area contributed by atoms with Crippen LogP contribution >= 0.6 is 27.5 Å². The molecular formula is C10H5BrClF3N2. The van der Waals surface area contributed by atoms with Gasteiger partial charge in [0.25, 0.3) is 0 Å². The van der Waals surface area contributed by atoms with Gasteiger partial charge in [0.05, 0.1) is 16.8 Å². The molecule has 0 saturated carbocycles. The number of fused-ring (bicyclic) bond motifs is 1. The molecule has 90 valence electrons. The number of halogens is 5. The predicted molar refractivity (Wildman–Crippen MR) is 63.9 cm³/mol. The molecule has 0 aliphatic carbocycles. The van der Waals surface area contributed by atoms with Crippen LogP contribution < -0.4 is 5.73 Å². The van der Waals surface area contributed by atoms with Gasteiger partial charge in [0.15, 0.2) is 0 Å². The Morgan fingerprint density at radius 3 is 2.53 bits per heavy atom. The molecule has 0 radical (unpaired) electrons.